The highest BCUT2D eigenvalue weighted by molar-refractivity contribution is 8.01. The van der Waals surface area contributed by atoms with Gasteiger partial charge < -0.3 is 15.4 Å². The van der Waals surface area contributed by atoms with Crippen molar-refractivity contribution in [2.45, 2.75) is 4.34 Å². The van der Waals surface area contributed by atoms with Crippen molar-refractivity contribution in [1.29, 1.82) is 0 Å². The molecule has 0 atom stereocenters. The van der Waals surface area contributed by atoms with E-state index in [-0.39, 0.29) is 30.6 Å². The Morgan fingerprint density at radius 2 is 2.10 bits per heavy atom. The molecule has 0 saturated carbocycles. The quantitative estimate of drug-likeness (QED) is 0.315. The fourth-order valence-corrected chi connectivity index (χ4v) is 6.14. The average Bonchev–Trinajstić information content (AvgIpc) is 3.13. The Hall–Kier alpha value is -2.15. The number of carbonyl (C=O) groups excluding carboxylic acids is 2. The average molecular weight is 485 g/mol. The maximum absolute atomic E-state index is 12.3. The summed E-state index contributed by atoms with van der Waals surface area (Å²) in [6.07, 6.45) is 1.03. The van der Waals surface area contributed by atoms with Crippen molar-refractivity contribution in [3.63, 3.8) is 0 Å². The Bertz CT molecular complexity index is 1040. The summed E-state index contributed by atoms with van der Waals surface area (Å²) in [5.41, 5.74) is 1.51. The minimum Gasteiger partial charge on any atom is -0.445 e. The van der Waals surface area contributed by atoms with E-state index in [0.717, 1.165) is 14.6 Å². The summed E-state index contributed by atoms with van der Waals surface area (Å²) in [7, 11) is -2.96. The molecule has 2 aromatic rings. The fraction of sp³-hybridized carbons (Fsp3) is 0.421. The van der Waals surface area contributed by atoms with Gasteiger partial charge in [0.1, 0.15) is 6.61 Å². The van der Waals surface area contributed by atoms with Gasteiger partial charge in [0.15, 0.2) is 14.2 Å². The molecule has 2 heterocycles. The SMILES string of the molecule is C=CCOC(=O)NCCSc1nc2ccc(NC(=O)CN3CCS(=O)(=O)CC3)cc2s1. The topological polar surface area (TPSA) is 118 Å². The Morgan fingerprint density at radius 1 is 1.32 bits per heavy atom. The molecule has 12 heteroatoms. The van der Waals surface area contributed by atoms with Gasteiger partial charge in [0.05, 0.1) is 28.3 Å². The summed E-state index contributed by atoms with van der Waals surface area (Å²) in [4.78, 5) is 30.1. The summed E-state index contributed by atoms with van der Waals surface area (Å²) in [6, 6.07) is 5.52. The van der Waals surface area contributed by atoms with Gasteiger partial charge in [0.2, 0.25) is 5.91 Å². The molecule has 9 nitrogen and oxygen atoms in total. The van der Waals surface area contributed by atoms with Gasteiger partial charge in [0, 0.05) is 31.1 Å². The number of hydrogen-bond acceptors (Lipinski definition) is 9. The third kappa shape index (κ3) is 7.49. The largest absolute Gasteiger partial charge is 0.445 e. The van der Waals surface area contributed by atoms with E-state index in [2.05, 4.69) is 22.2 Å². The summed E-state index contributed by atoms with van der Waals surface area (Å²) >= 11 is 3.04. The van der Waals surface area contributed by atoms with Gasteiger partial charge in [-0.25, -0.2) is 18.2 Å². The van der Waals surface area contributed by atoms with Gasteiger partial charge in [-0.1, -0.05) is 24.4 Å². The number of rotatable bonds is 9. The van der Waals surface area contributed by atoms with Crippen LogP contribution in [0.25, 0.3) is 10.2 Å². The monoisotopic (exact) mass is 484 g/mol. The third-order valence-electron chi connectivity index (χ3n) is 4.39. The molecular weight excluding hydrogens is 460 g/mol. The lowest BCUT2D eigenvalue weighted by atomic mass is 10.3. The van der Waals surface area contributed by atoms with E-state index in [9.17, 15) is 18.0 Å². The summed E-state index contributed by atoms with van der Waals surface area (Å²) in [5.74, 6) is 0.670. The highest BCUT2D eigenvalue weighted by Crippen LogP contribution is 2.31. The molecule has 2 N–H and O–H groups in total. The molecule has 3 rings (SSSR count). The first kappa shape index (κ1) is 23.5. The maximum Gasteiger partial charge on any atom is 0.407 e. The zero-order valence-electron chi connectivity index (χ0n) is 16.8. The normalized spacial score (nSPS) is 16.0. The first-order valence-electron chi connectivity index (χ1n) is 9.62. The van der Waals surface area contributed by atoms with Crippen LogP contribution in [0, 0.1) is 0 Å². The number of nitrogens with zero attached hydrogens (tertiary/aromatic N) is 2. The van der Waals surface area contributed by atoms with Gasteiger partial charge in [-0.2, -0.15) is 0 Å². The molecule has 0 aliphatic carbocycles. The lowest BCUT2D eigenvalue weighted by molar-refractivity contribution is -0.117. The van der Waals surface area contributed by atoms with E-state index in [4.69, 9.17) is 4.74 Å². The number of nitrogens with one attached hydrogen (secondary N) is 2. The zero-order valence-corrected chi connectivity index (χ0v) is 19.3. The van der Waals surface area contributed by atoms with Crippen LogP contribution in [0.1, 0.15) is 0 Å². The van der Waals surface area contributed by atoms with Crippen molar-refractivity contribution in [1.82, 2.24) is 15.2 Å². The predicted octanol–water partition coefficient (Wildman–Crippen LogP) is 1.97. The van der Waals surface area contributed by atoms with E-state index in [1.165, 1.54) is 29.2 Å². The molecule has 0 unspecified atom stereocenters. The van der Waals surface area contributed by atoms with Crippen LogP contribution >= 0.6 is 23.1 Å². The van der Waals surface area contributed by atoms with Gasteiger partial charge >= 0.3 is 6.09 Å². The number of sulfone groups is 1. The Balaban J connectivity index is 1.47. The minimum atomic E-state index is -2.96. The summed E-state index contributed by atoms with van der Waals surface area (Å²) in [6.45, 7) is 5.04. The number of benzene rings is 1. The number of alkyl carbamates (subject to hydrolysis) is 1. The molecule has 1 aliphatic heterocycles. The predicted molar refractivity (Wildman–Crippen MR) is 124 cm³/mol. The molecule has 0 radical (unpaired) electrons. The van der Waals surface area contributed by atoms with Crippen LogP contribution in [0.4, 0.5) is 10.5 Å². The number of ether oxygens (including phenoxy) is 1. The highest BCUT2D eigenvalue weighted by Gasteiger charge is 2.23. The van der Waals surface area contributed by atoms with Crippen LogP contribution in [0.5, 0.6) is 0 Å². The van der Waals surface area contributed by atoms with Gasteiger partial charge in [-0.15, -0.1) is 11.3 Å². The lowest BCUT2D eigenvalue weighted by Gasteiger charge is -2.25. The van der Waals surface area contributed by atoms with Crippen LogP contribution in [0.15, 0.2) is 35.2 Å². The zero-order chi connectivity index (χ0) is 22.3. The Morgan fingerprint density at radius 3 is 2.84 bits per heavy atom. The molecule has 1 saturated heterocycles. The summed E-state index contributed by atoms with van der Waals surface area (Å²) < 4.78 is 29.6. The van der Waals surface area contributed by atoms with Crippen LogP contribution in [0.3, 0.4) is 0 Å². The van der Waals surface area contributed by atoms with Gasteiger partial charge in [-0.3, -0.25) is 9.69 Å². The molecule has 0 spiro atoms. The number of thioether (sulfide) groups is 1. The van der Waals surface area contributed by atoms with Crippen molar-refractivity contribution >= 4 is 60.8 Å². The van der Waals surface area contributed by atoms with Crippen molar-refractivity contribution in [2.24, 2.45) is 0 Å². The minimum absolute atomic E-state index is 0.0963. The Labute approximate surface area is 189 Å². The lowest BCUT2D eigenvalue weighted by Crippen LogP contribution is -2.43. The number of aromatic nitrogens is 1. The molecule has 1 aliphatic rings. The van der Waals surface area contributed by atoms with Crippen LogP contribution in [0.2, 0.25) is 0 Å². The smallest absolute Gasteiger partial charge is 0.407 e. The number of thiazole rings is 1. The van der Waals surface area contributed by atoms with Crippen molar-refractivity contribution in [3.8, 4) is 0 Å². The van der Waals surface area contributed by atoms with Crippen LogP contribution < -0.4 is 10.6 Å². The standard InChI is InChI=1S/C19H24N4O5S3/c1-2-8-28-18(25)20-5-9-29-19-22-15-4-3-14(12-16(15)30-19)21-17(24)13-23-6-10-31(26,27)11-7-23/h2-4,12H,1,5-11,13H2,(H,20,25)(H,21,24). The number of hydrogen-bond donors (Lipinski definition) is 2. The first-order valence-corrected chi connectivity index (χ1v) is 13.2. The molecule has 1 fully saturated rings. The fourth-order valence-electron chi connectivity index (χ4n) is 2.83. The second-order valence-electron chi connectivity index (χ2n) is 6.80. The van der Waals surface area contributed by atoms with Gasteiger partial charge in [0.25, 0.3) is 0 Å². The molecule has 0 bridgehead atoms. The van der Waals surface area contributed by atoms with E-state index in [1.807, 2.05) is 17.0 Å². The van der Waals surface area contributed by atoms with E-state index in [1.54, 1.807) is 6.07 Å². The van der Waals surface area contributed by atoms with Crippen molar-refractivity contribution in [3.05, 3.63) is 30.9 Å². The summed E-state index contributed by atoms with van der Waals surface area (Å²) in [5, 5.41) is 5.52. The first-order chi connectivity index (χ1) is 14.8. The number of anilines is 1. The number of fused-ring (bicyclic) bond motifs is 1. The molecular formula is C19H24N4O5S3. The van der Waals surface area contributed by atoms with Crippen LogP contribution in [-0.2, 0) is 19.4 Å². The molecule has 168 valence electrons. The van der Waals surface area contributed by atoms with E-state index < -0.39 is 15.9 Å². The third-order valence-corrected chi connectivity index (χ3v) is 8.16. The molecule has 31 heavy (non-hydrogen) atoms. The van der Waals surface area contributed by atoms with E-state index in [0.29, 0.717) is 31.1 Å². The van der Waals surface area contributed by atoms with E-state index >= 15 is 0 Å². The number of carbonyl (C=O) groups is 2. The van der Waals surface area contributed by atoms with Crippen molar-refractivity contribution in [2.75, 3.05) is 55.4 Å². The number of amides is 2. The van der Waals surface area contributed by atoms with Crippen molar-refractivity contribution < 1.29 is 22.7 Å². The molecule has 1 aromatic heterocycles. The van der Waals surface area contributed by atoms with Gasteiger partial charge in [-0.05, 0) is 18.2 Å². The molecule has 2 amide bonds. The maximum atomic E-state index is 12.3. The highest BCUT2D eigenvalue weighted by atomic mass is 32.2. The van der Waals surface area contributed by atoms with Crippen LogP contribution in [-0.4, -0.2) is 80.3 Å². The second kappa shape index (κ2) is 10.9. The second-order valence-corrected chi connectivity index (χ2v) is 11.5. The molecule has 1 aromatic carbocycles. The Kier molecular flexibility index (Phi) is 8.29.